The summed E-state index contributed by atoms with van der Waals surface area (Å²) in [6, 6.07) is 14.4. The van der Waals surface area contributed by atoms with Crippen LogP contribution in [0.1, 0.15) is 45.6 Å². The van der Waals surface area contributed by atoms with Crippen LogP contribution in [0.2, 0.25) is 0 Å². The molecule has 0 radical (unpaired) electrons. The Balaban J connectivity index is 2.02. The number of amides is 1. The Bertz CT molecular complexity index is 632. The molecule has 0 aliphatic carbocycles. The first-order valence-corrected chi connectivity index (χ1v) is 7.16. The van der Waals surface area contributed by atoms with Crippen molar-refractivity contribution in [1.29, 1.82) is 0 Å². The van der Waals surface area contributed by atoms with Gasteiger partial charge in [-0.3, -0.25) is 4.79 Å². The second-order valence-electron chi connectivity index (χ2n) is 5.52. The summed E-state index contributed by atoms with van der Waals surface area (Å²) in [7, 11) is 0. The van der Waals surface area contributed by atoms with Gasteiger partial charge in [-0.25, -0.2) is 0 Å². The van der Waals surface area contributed by atoms with Gasteiger partial charge in [0.25, 0.3) is 0 Å². The fourth-order valence-corrected chi connectivity index (χ4v) is 2.28. The zero-order chi connectivity index (χ0) is 15.4. The van der Waals surface area contributed by atoms with Crippen LogP contribution < -0.4 is 11.1 Å². The van der Waals surface area contributed by atoms with E-state index in [1.807, 2.05) is 19.1 Å². The molecule has 3 nitrogen and oxygen atoms in total. The average molecular weight is 282 g/mol. The van der Waals surface area contributed by atoms with Crippen molar-refractivity contribution in [1.82, 2.24) is 5.32 Å². The molecule has 3 N–H and O–H groups in total. The van der Waals surface area contributed by atoms with Gasteiger partial charge in [-0.15, -0.1) is 0 Å². The number of nitrogens with one attached hydrogen (secondary N) is 1. The van der Waals surface area contributed by atoms with Gasteiger partial charge >= 0.3 is 0 Å². The van der Waals surface area contributed by atoms with Crippen molar-refractivity contribution in [2.45, 2.75) is 33.4 Å². The smallest absolute Gasteiger partial charge is 0.248 e. The number of carbonyl (C=O) groups is 1. The van der Waals surface area contributed by atoms with Crippen LogP contribution in [0.5, 0.6) is 0 Å². The minimum atomic E-state index is -0.384. The van der Waals surface area contributed by atoms with Crippen LogP contribution in [0.3, 0.4) is 0 Å². The minimum absolute atomic E-state index is 0.279. The monoisotopic (exact) mass is 282 g/mol. The second kappa shape index (κ2) is 6.55. The predicted molar refractivity (Wildman–Crippen MR) is 86.1 cm³/mol. The molecule has 0 bridgehead atoms. The lowest BCUT2D eigenvalue weighted by Gasteiger charge is -2.16. The van der Waals surface area contributed by atoms with Crippen molar-refractivity contribution >= 4 is 5.91 Å². The molecule has 1 amide bonds. The maximum absolute atomic E-state index is 11.1. The van der Waals surface area contributed by atoms with Gasteiger partial charge in [0.2, 0.25) is 5.91 Å². The maximum atomic E-state index is 11.1. The van der Waals surface area contributed by atoms with Gasteiger partial charge in [-0.1, -0.05) is 35.9 Å². The molecule has 21 heavy (non-hydrogen) atoms. The molecule has 110 valence electrons. The van der Waals surface area contributed by atoms with E-state index in [0.29, 0.717) is 5.56 Å². The number of hydrogen-bond donors (Lipinski definition) is 2. The van der Waals surface area contributed by atoms with Gasteiger partial charge in [-0.2, -0.15) is 0 Å². The Labute approximate surface area is 126 Å². The fraction of sp³-hybridized carbons (Fsp3) is 0.278. The summed E-state index contributed by atoms with van der Waals surface area (Å²) in [5, 5.41) is 3.51. The largest absolute Gasteiger partial charge is 0.366 e. The Morgan fingerprint density at radius 1 is 1.14 bits per heavy atom. The van der Waals surface area contributed by atoms with Gasteiger partial charge < -0.3 is 11.1 Å². The molecule has 0 saturated heterocycles. The number of aryl methyl sites for hydroxylation is 2. The number of nitrogens with two attached hydrogens (primary N) is 1. The van der Waals surface area contributed by atoms with Crippen molar-refractivity contribution in [3.63, 3.8) is 0 Å². The molecule has 2 aromatic carbocycles. The normalized spacial score (nSPS) is 12.1. The molecule has 3 heteroatoms. The van der Waals surface area contributed by atoms with Crippen LogP contribution in [-0.4, -0.2) is 5.91 Å². The summed E-state index contributed by atoms with van der Waals surface area (Å²) in [5.74, 6) is -0.384. The fourth-order valence-electron chi connectivity index (χ4n) is 2.28. The number of hydrogen-bond acceptors (Lipinski definition) is 2. The van der Waals surface area contributed by atoms with Crippen LogP contribution in [-0.2, 0) is 6.54 Å². The Hall–Kier alpha value is -2.13. The molecule has 0 saturated carbocycles. The average Bonchev–Trinajstić information content (AvgIpc) is 2.46. The quantitative estimate of drug-likeness (QED) is 0.884. The molecule has 0 aromatic heterocycles. The third-order valence-electron chi connectivity index (χ3n) is 3.80. The molecular weight excluding hydrogens is 260 g/mol. The van der Waals surface area contributed by atoms with Gasteiger partial charge in [0, 0.05) is 18.2 Å². The van der Waals surface area contributed by atoms with Crippen molar-refractivity contribution in [3.05, 3.63) is 70.3 Å². The molecule has 0 fully saturated rings. The summed E-state index contributed by atoms with van der Waals surface area (Å²) in [6.45, 7) is 7.00. The molecule has 0 spiro atoms. The van der Waals surface area contributed by atoms with Crippen LogP contribution in [0, 0.1) is 13.8 Å². The van der Waals surface area contributed by atoms with Crippen LogP contribution in [0.25, 0.3) is 0 Å². The summed E-state index contributed by atoms with van der Waals surface area (Å²) >= 11 is 0. The molecule has 2 rings (SSSR count). The third kappa shape index (κ3) is 3.92. The first-order valence-electron chi connectivity index (χ1n) is 7.16. The highest BCUT2D eigenvalue weighted by atomic mass is 16.1. The second-order valence-corrected chi connectivity index (χ2v) is 5.52. The molecule has 0 aliphatic heterocycles. The molecule has 0 heterocycles. The van der Waals surface area contributed by atoms with E-state index < -0.39 is 0 Å². The van der Waals surface area contributed by atoms with E-state index in [0.717, 1.165) is 12.1 Å². The van der Waals surface area contributed by atoms with E-state index in [1.165, 1.54) is 16.7 Å². The molecule has 1 atom stereocenters. The van der Waals surface area contributed by atoms with Gasteiger partial charge in [0.1, 0.15) is 0 Å². The summed E-state index contributed by atoms with van der Waals surface area (Å²) in [6.07, 6.45) is 0. The lowest BCUT2D eigenvalue weighted by Crippen LogP contribution is -2.19. The van der Waals surface area contributed by atoms with Crippen molar-refractivity contribution in [3.8, 4) is 0 Å². The number of benzene rings is 2. The first kappa shape index (κ1) is 15.3. The van der Waals surface area contributed by atoms with E-state index in [9.17, 15) is 4.79 Å². The van der Waals surface area contributed by atoms with Gasteiger partial charge in [0.15, 0.2) is 0 Å². The summed E-state index contributed by atoms with van der Waals surface area (Å²) < 4.78 is 0. The first-order chi connectivity index (χ1) is 9.97. The van der Waals surface area contributed by atoms with E-state index in [-0.39, 0.29) is 11.9 Å². The van der Waals surface area contributed by atoms with Crippen LogP contribution >= 0.6 is 0 Å². The molecular formula is C18H22N2O. The third-order valence-corrected chi connectivity index (χ3v) is 3.80. The van der Waals surface area contributed by atoms with Gasteiger partial charge in [-0.05, 0) is 49.6 Å². The van der Waals surface area contributed by atoms with Crippen molar-refractivity contribution < 1.29 is 4.79 Å². The lowest BCUT2D eigenvalue weighted by molar-refractivity contribution is 0.1000. The Morgan fingerprint density at radius 3 is 2.38 bits per heavy atom. The maximum Gasteiger partial charge on any atom is 0.248 e. The van der Waals surface area contributed by atoms with E-state index in [4.69, 9.17) is 5.73 Å². The van der Waals surface area contributed by atoms with Crippen LogP contribution in [0.4, 0.5) is 0 Å². The van der Waals surface area contributed by atoms with E-state index in [1.54, 1.807) is 6.07 Å². The van der Waals surface area contributed by atoms with E-state index in [2.05, 4.69) is 43.4 Å². The Morgan fingerprint density at radius 2 is 1.81 bits per heavy atom. The van der Waals surface area contributed by atoms with Crippen LogP contribution in [0.15, 0.2) is 42.5 Å². The zero-order valence-corrected chi connectivity index (χ0v) is 12.8. The minimum Gasteiger partial charge on any atom is -0.366 e. The molecule has 0 unspecified atom stereocenters. The zero-order valence-electron chi connectivity index (χ0n) is 12.8. The number of primary amides is 1. The summed E-state index contributed by atoms with van der Waals surface area (Å²) in [5.41, 5.74) is 10.6. The van der Waals surface area contributed by atoms with Gasteiger partial charge in [0.05, 0.1) is 0 Å². The highest BCUT2D eigenvalue weighted by molar-refractivity contribution is 5.93. The number of carbonyl (C=O) groups excluding carboxylic acids is 1. The summed E-state index contributed by atoms with van der Waals surface area (Å²) in [4.78, 5) is 11.1. The van der Waals surface area contributed by atoms with E-state index >= 15 is 0 Å². The van der Waals surface area contributed by atoms with Crippen molar-refractivity contribution in [2.75, 3.05) is 0 Å². The molecule has 2 aromatic rings. The highest BCUT2D eigenvalue weighted by Gasteiger charge is 2.07. The topological polar surface area (TPSA) is 55.1 Å². The predicted octanol–water partition coefficient (Wildman–Crippen LogP) is 3.25. The molecule has 0 aliphatic rings. The SMILES string of the molecule is Cc1ccc([C@@H](C)NCc2ccc(C(N)=O)cc2C)cc1. The van der Waals surface area contributed by atoms with Crippen molar-refractivity contribution in [2.24, 2.45) is 5.73 Å². The number of rotatable bonds is 5. The highest BCUT2D eigenvalue weighted by Crippen LogP contribution is 2.16. The lowest BCUT2D eigenvalue weighted by atomic mass is 10.0. The standard InChI is InChI=1S/C18H22N2O/c1-12-4-6-15(7-5-12)14(3)20-11-17-9-8-16(18(19)21)10-13(17)2/h4-10,14,20H,11H2,1-3H3,(H2,19,21)/t14-/m1/s1. The Kier molecular flexibility index (Phi) is 4.76.